The number of hydrogen-bond donors (Lipinski definition) is 2. The van der Waals surface area contributed by atoms with Crippen LogP contribution in [-0.4, -0.2) is 58.9 Å². The lowest BCUT2D eigenvalue weighted by Gasteiger charge is -2.29. The molecule has 2 aromatic carbocycles. The summed E-state index contributed by atoms with van der Waals surface area (Å²) in [5.41, 5.74) is 3.50. The number of halogens is 1. The summed E-state index contributed by atoms with van der Waals surface area (Å²) in [5, 5.41) is 8.32. The number of likely N-dealkylation sites (tertiary alicyclic amines) is 1. The number of fused-ring (bicyclic) bond motifs is 1. The van der Waals surface area contributed by atoms with E-state index in [0.29, 0.717) is 46.3 Å². The average Bonchev–Trinajstić information content (AvgIpc) is 3.65. The molecule has 230 valence electrons. The topological polar surface area (TPSA) is 79.3 Å². The minimum Gasteiger partial charge on any atom is -0.346 e. The van der Waals surface area contributed by atoms with E-state index in [4.69, 9.17) is 11.6 Å². The molecule has 1 saturated heterocycles. The highest BCUT2D eigenvalue weighted by Gasteiger charge is 2.32. The average molecular weight is 612 g/mol. The number of aromatic nitrogens is 2. The van der Waals surface area contributed by atoms with Crippen LogP contribution in [0.15, 0.2) is 73.1 Å². The van der Waals surface area contributed by atoms with Crippen LogP contribution in [0.5, 0.6) is 0 Å². The van der Waals surface area contributed by atoms with Gasteiger partial charge in [0.05, 0.1) is 5.02 Å². The second-order valence-corrected chi connectivity index (χ2v) is 12.9. The number of carbonyl (C=O) groups is 2. The van der Waals surface area contributed by atoms with Crippen molar-refractivity contribution in [3.05, 3.63) is 94.8 Å². The van der Waals surface area contributed by atoms with Crippen molar-refractivity contribution in [3.8, 4) is 0 Å². The summed E-state index contributed by atoms with van der Waals surface area (Å²) in [6.45, 7) is 3.93. The molecule has 2 aromatic heterocycles. The third kappa shape index (κ3) is 7.06. The molecule has 1 amide bonds. The van der Waals surface area contributed by atoms with Crippen LogP contribution >= 0.6 is 11.6 Å². The molecule has 2 fully saturated rings. The van der Waals surface area contributed by atoms with Gasteiger partial charge in [0.15, 0.2) is 5.78 Å². The number of ketones is 1. The van der Waals surface area contributed by atoms with Crippen LogP contribution in [0, 0.1) is 5.92 Å². The number of amides is 1. The molecule has 0 radical (unpaired) electrons. The zero-order chi connectivity index (χ0) is 30.5. The van der Waals surface area contributed by atoms with Crippen LogP contribution < -0.4 is 10.6 Å². The predicted molar refractivity (Wildman–Crippen MR) is 178 cm³/mol. The summed E-state index contributed by atoms with van der Waals surface area (Å²) in [6, 6.07) is 19.4. The molecule has 2 aliphatic rings. The summed E-state index contributed by atoms with van der Waals surface area (Å²) in [4.78, 5) is 32.9. The Morgan fingerprint density at radius 1 is 1.00 bits per heavy atom. The maximum atomic E-state index is 13.5. The fourth-order valence-electron chi connectivity index (χ4n) is 7.09. The van der Waals surface area contributed by atoms with Gasteiger partial charge in [0.2, 0.25) is 5.91 Å². The molecule has 2 N–H and O–H groups in total. The number of carbonyl (C=O) groups excluding carboxylic acids is 2. The molecule has 2 atom stereocenters. The van der Waals surface area contributed by atoms with Crippen LogP contribution in [0.25, 0.3) is 10.9 Å². The van der Waals surface area contributed by atoms with Crippen LogP contribution in [0.2, 0.25) is 5.02 Å². The minimum atomic E-state index is -0.0612. The molecular weight excluding hydrogens is 570 g/mol. The zero-order valence-electron chi connectivity index (χ0n) is 25.5. The van der Waals surface area contributed by atoms with E-state index in [0.717, 1.165) is 75.6 Å². The van der Waals surface area contributed by atoms with Gasteiger partial charge >= 0.3 is 0 Å². The third-order valence-electron chi connectivity index (χ3n) is 9.52. The Morgan fingerprint density at radius 2 is 1.80 bits per heavy atom. The van der Waals surface area contributed by atoms with E-state index in [1.54, 1.807) is 6.20 Å². The van der Waals surface area contributed by atoms with Crippen molar-refractivity contribution in [1.29, 1.82) is 0 Å². The number of nitrogens with one attached hydrogen (secondary N) is 2. The molecule has 0 bridgehead atoms. The van der Waals surface area contributed by atoms with E-state index in [9.17, 15) is 9.59 Å². The van der Waals surface area contributed by atoms with Crippen molar-refractivity contribution >= 4 is 40.0 Å². The molecule has 7 nitrogen and oxygen atoms in total. The normalized spacial score (nSPS) is 19.4. The Hall–Kier alpha value is -3.52. The van der Waals surface area contributed by atoms with Crippen molar-refractivity contribution in [2.45, 2.75) is 63.5 Å². The molecule has 1 aliphatic carbocycles. The van der Waals surface area contributed by atoms with Crippen LogP contribution in [0.4, 0.5) is 5.82 Å². The fraction of sp³-hybridized carbons (Fsp3) is 0.417. The monoisotopic (exact) mass is 611 g/mol. The number of piperidine rings is 1. The first-order valence-electron chi connectivity index (χ1n) is 16.0. The number of pyridine rings is 1. The van der Waals surface area contributed by atoms with Crippen molar-refractivity contribution in [2.75, 3.05) is 32.0 Å². The first-order valence-corrected chi connectivity index (χ1v) is 16.4. The van der Waals surface area contributed by atoms with Gasteiger partial charge in [-0.3, -0.25) is 9.59 Å². The fourth-order valence-corrected chi connectivity index (χ4v) is 7.34. The number of rotatable bonds is 11. The number of nitrogens with zero attached hydrogens (tertiary/aromatic N) is 3. The summed E-state index contributed by atoms with van der Waals surface area (Å²) < 4.78 is 2.31. The quantitative estimate of drug-likeness (QED) is 0.180. The highest BCUT2D eigenvalue weighted by atomic mass is 35.5. The van der Waals surface area contributed by atoms with Gasteiger partial charge in [0.1, 0.15) is 5.82 Å². The van der Waals surface area contributed by atoms with E-state index in [1.807, 2.05) is 60.7 Å². The number of anilines is 1. The van der Waals surface area contributed by atoms with Crippen molar-refractivity contribution in [1.82, 2.24) is 19.8 Å². The highest BCUT2D eigenvalue weighted by Crippen LogP contribution is 2.45. The first-order chi connectivity index (χ1) is 21.5. The van der Waals surface area contributed by atoms with E-state index in [2.05, 4.69) is 38.3 Å². The van der Waals surface area contributed by atoms with Crippen LogP contribution in [0.3, 0.4) is 0 Å². The third-order valence-corrected chi connectivity index (χ3v) is 9.83. The Labute approximate surface area is 265 Å². The zero-order valence-corrected chi connectivity index (χ0v) is 26.2. The van der Waals surface area contributed by atoms with Gasteiger partial charge in [0.25, 0.3) is 0 Å². The molecule has 1 aliphatic heterocycles. The maximum Gasteiger partial charge on any atom is 0.225 e. The summed E-state index contributed by atoms with van der Waals surface area (Å²) in [5.74, 6) is 1.28. The molecule has 0 spiro atoms. The number of benzene rings is 2. The van der Waals surface area contributed by atoms with Gasteiger partial charge in [-0.2, -0.15) is 0 Å². The van der Waals surface area contributed by atoms with Crippen molar-refractivity contribution < 1.29 is 9.59 Å². The molecule has 3 heterocycles. The van der Waals surface area contributed by atoms with E-state index in [-0.39, 0.29) is 11.7 Å². The summed E-state index contributed by atoms with van der Waals surface area (Å²) in [7, 11) is 2.19. The van der Waals surface area contributed by atoms with Gasteiger partial charge in [-0.25, -0.2) is 4.98 Å². The SMILES string of the molecule is CN1CCC(NCCn2cc(C3CCCC3CCC(=O)Nc3ccccn3)c3cc(Cl)c(C(=O)c4ccccc4)cc32)CC1. The van der Waals surface area contributed by atoms with Crippen molar-refractivity contribution in [3.63, 3.8) is 0 Å². The Bertz CT molecular complexity index is 1580. The summed E-state index contributed by atoms with van der Waals surface area (Å²) in [6.07, 6.45) is 10.9. The van der Waals surface area contributed by atoms with E-state index in [1.165, 1.54) is 5.56 Å². The lowest BCUT2D eigenvalue weighted by molar-refractivity contribution is -0.116. The maximum absolute atomic E-state index is 13.5. The van der Waals surface area contributed by atoms with Crippen molar-refractivity contribution in [2.24, 2.45) is 5.92 Å². The predicted octanol–water partition coefficient (Wildman–Crippen LogP) is 6.91. The van der Waals surface area contributed by atoms with Gasteiger partial charge in [0, 0.05) is 60.0 Å². The molecule has 44 heavy (non-hydrogen) atoms. The van der Waals surface area contributed by atoms with Gasteiger partial charge < -0.3 is 20.1 Å². The molecule has 4 aromatic rings. The second-order valence-electron chi connectivity index (χ2n) is 12.5. The second kappa shape index (κ2) is 14.1. The number of hydrogen-bond acceptors (Lipinski definition) is 5. The highest BCUT2D eigenvalue weighted by molar-refractivity contribution is 6.36. The largest absolute Gasteiger partial charge is 0.346 e. The molecule has 1 saturated carbocycles. The molecule has 2 unspecified atom stereocenters. The molecular formula is C36H42ClN5O2. The van der Waals surface area contributed by atoms with Crippen LogP contribution in [-0.2, 0) is 11.3 Å². The van der Waals surface area contributed by atoms with Gasteiger partial charge in [-0.1, -0.05) is 54.4 Å². The Balaban J connectivity index is 1.24. The Kier molecular flexibility index (Phi) is 9.75. The molecule has 6 rings (SSSR count). The van der Waals surface area contributed by atoms with Gasteiger partial charge in [-0.15, -0.1) is 0 Å². The lowest BCUT2D eigenvalue weighted by Crippen LogP contribution is -2.41. The van der Waals surface area contributed by atoms with E-state index < -0.39 is 0 Å². The van der Waals surface area contributed by atoms with E-state index >= 15 is 0 Å². The van der Waals surface area contributed by atoms with Gasteiger partial charge in [-0.05, 0) is 93.9 Å². The first kappa shape index (κ1) is 30.5. The Morgan fingerprint density at radius 3 is 2.57 bits per heavy atom. The summed E-state index contributed by atoms with van der Waals surface area (Å²) >= 11 is 6.86. The standard InChI is InChI=1S/C36H42ClN5O2/c1-41-19-15-27(16-20-41)38-18-21-42-24-31(28-11-7-10-25(28)13-14-35(43)40-34-12-5-6-17-39-34)29-22-32(37)30(23-33(29)42)36(44)26-8-3-2-4-9-26/h2-6,8-9,12,17,22-25,27-28,38H,7,10-11,13-16,18-21H2,1H3,(H,39,40,43). The minimum absolute atomic E-state index is 0.00358. The lowest BCUT2D eigenvalue weighted by atomic mass is 9.85. The smallest absolute Gasteiger partial charge is 0.225 e. The molecule has 8 heteroatoms. The van der Waals surface area contributed by atoms with Crippen LogP contribution in [0.1, 0.15) is 72.3 Å².